The Bertz CT molecular complexity index is 1420. The number of carbonyl (C=O) groups is 2. The van der Waals surface area contributed by atoms with Gasteiger partial charge in [0, 0.05) is 11.1 Å². The summed E-state index contributed by atoms with van der Waals surface area (Å²) >= 11 is 0. The quantitative estimate of drug-likeness (QED) is 0.192. The van der Waals surface area contributed by atoms with Crippen LogP contribution in [0.2, 0.25) is 0 Å². The number of rotatable bonds is 5. The molecule has 39 heavy (non-hydrogen) atoms. The van der Waals surface area contributed by atoms with Gasteiger partial charge >= 0.3 is 0 Å². The summed E-state index contributed by atoms with van der Waals surface area (Å²) in [5.74, 6) is -0.767. The second-order valence-electron chi connectivity index (χ2n) is 9.22. The molecule has 3 heteroatoms. The van der Waals surface area contributed by atoms with Crippen LogP contribution in [0, 0.1) is 13.8 Å². The molecule has 0 heterocycles. The van der Waals surface area contributed by atoms with Crippen molar-refractivity contribution in [2.75, 3.05) is 0 Å². The smallest absolute Gasteiger partial charge is 0.258 e. The molecule has 0 radical (unpaired) electrons. The van der Waals surface area contributed by atoms with Gasteiger partial charge in [0.1, 0.15) is 0 Å². The summed E-state index contributed by atoms with van der Waals surface area (Å²) < 4.78 is 0. The Labute approximate surface area is 230 Å². The maximum Gasteiger partial charge on any atom is 0.258 e. The highest BCUT2D eigenvalue weighted by molar-refractivity contribution is 6.10. The van der Waals surface area contributed by atoms with Gasteiger partial charge in [-0.15, -0.1) is 0 Å². The zero-order valence-corrected chi connectivity index (χ0v) is 22.2. The van der Waals surface area contributed by atoms with E-state index in [2.05, 4.69) is 96.3 Å². The number of benzene rings is 5. The van der Waals surface area contributed by atoms with Crippen molar-refractivity contribution >= 4 is 23.5 Å². The van der Waals surface area contributed by atoms with Gasteiger partial charge in [-0.1, -0.05) is 126 Å². The Morgan fingerprint density at radius 3 is 1.21 bits per heavy atom. The van der Waals surface area contributed by atoms with Gasteiger partial charge < -0.3 is 0 Å². The van der Waals surface area contributed by atoms with E-state index >= 15 is 0 Å². The van der Waals surface area contributed by atoms with Crippen molar-refractivity contribution in [3.63, 3.8) is 0 Å². The molecule has 5 rings (SSSR count). The van der Waals surface area contributed by atoms with Gasteiger partial charge in [-0.3, -0.25) is 14.9 Å². The molecule has 3 nitrogen and oxygen atoms in total. The van der Waals surface area contributed by atoms with Crippen molar-refractivity contribution < 1.29 is 9.59 Å². The normalized spacial score (nSPS) is 10.0. The lowest BCUT2D eigenvalue weighted by Gasteiger charge is -2.08. The first-order valence-electron chi connectivity index (χ1n) is 12.9. The van der Waals surface area contributed by atoms with E-state index in [0.717, 1.165) is 11.1 Å². The third-order valence-corrected chi connectivity index (χ3v) is 6.13. The fourth-order valence-corrected chi connectivity index (χ4v) is 3.94. The molecule has 0 atom stereocenters. The topological polar surface area (TPSA) is 46.2 Å². The third kappa shape index (κ3) is 7.98. The fraction of sp³-hybridized carbons (Fsp3) is 0.0556. The van der Waals surface area contributed by atoms with Gasteiger partial charge in [-0.25, -0.2) is 0 Å². The third-order valence-electron chi connectivity index (χ3n) is 6.13. The minimum Gasteiger partial charge on any atom is -0.288 e. The maximum absolute atomic E-state index is 11.9. The van der Waals surface area contributed by atoms with Crippen molar-refractivity contribution in [3.05, 3.63) is 178 Å². The molecule has 2 amide bonds. The predicted octanol–water partition coefficient (Wildman–Crippen LogP) is 8.15. The van der Waals surface area contributed by atoms with Gasteiger partial charge in [0.05, 0.1) is 0 Å². The van der Waals surface area contributed by atoms with Crippen LogP contribution in [0.1, 0.15) is 48.5 Å². The number of aryl methyl sites for hydroxylation is 2. The number of imide groups is 1. The molecule has 5 aromatic rings. The summed E-state index contributed by atoms with van der Waals surface area (Å²) in [6.45, 7) is 3.89. The molecular weight excluding hydrogens is 478 g/mol. The lowest BCUT2D eigenvalue weighted by Crippen LogP contribution is -2.30. The molecule has 0 fully saturated rings. The van der Waals surface area contributed by atoms with Crippen LogP contribution in [-0.2, 0) is 0 Å². The molecule has 0 aliphatic rings. The van der Waals surface area contributed by atoms with Crippen LogP contribution in [0.5, 0.6) is 0 Å². The number of hydrogen-bond acceptors (Lipinski definition) is 2. The highest BCUT2D eigenvalue weighted by Crippen LogP contribution is 2.25. The van der Waals surface area contributed by atoms with E-state index in [4.69, 9.17) is 0 Å². The second-order valence-corrected chi connectivity index (χ2v) is 9.22. The van der Waals surface area contributed by atoms with Crippen molar-refractivity contribution in [2.24, 2.45) is 0 Å². The van der Waals surface area contributed by atoms with Crippen LogP contribution < -0.4 is 5.32 Å². The fourth-order valence-electron chi connectivity index (χ4n) is 3.94. The molecule has 0 saturated heterocycles. The van der Waals surface area contributed by atoms with E-state index < -0.39 is 0 Å². The first-order valence-corrected chi connectivity index (χ1v) is 12.9. The van der Waals surface area contributed by atoms with Gasteiger partial charge in [0.25, 0.3) is 11.8 Å². The van der Waals surface area contributed by atoms with Gasteiger partial charge in [-0.05, 0) is 66.5 Å². The Morgan fingerprint density at radius 2 is 0.821 bits per heavy atom. The van der Waals surface area contributed by atoms with Crippen molar-refractivity contribution in [2.45, 2.75) is 13.8 Å². The molecule has 0 bridgehead atoms. The molecule has 5 aromatic carbocycles. The molecule has 0 aliphatic carbocycles. The van der Waals surface area contributed by atoms with Crippen molar-refractivity contribution in [3.8, 4) is 0 Å². The van der Waals surface area contributed by atoms with E-state index in [9.17, 15) is 9.59 Å². The van der Waals surface area contributed by atoms with Crippen LogP contribution in [0.4, 0.5) is 0 Å². The van der Waals surface area contributed by atoms with Gasteiger partial charge in [0.15, 0.2) is 0 Å². The highest BCUT2D eigenvalue weighted by atomic mass is 16.2. The molecule has 0 unspecified atom stereocenters. The Morgan fingerprint density at radius 1 is 0.462 bits per heavy atom. The zero-order valence-electron chi connectivity index (χ0n) is 22.2. The lowest BCUT2D eigenvalue weighted by molar-refractivity contribution is 0.0849. The zero-order chi connectivity index (χ0) is 27.5. The highest BCUT2D eigenvalue weighted by Gasteiger charge is 2.11. The summed E-state index contributed by atoms with van der Waals surface area (Å²) in [5.41, 5.74) is 8.04. The summed E-state index contributed by atoms with van der Waals surface area (Å²) in [7, 11) is 0. The van der Waals surface area contributed by atoms with E-state index in [1.807, 2.05) is 44.2 Å². The van der Waals surface area contributed by atoms with E-state index in [1.165, 1.54) is 22.3 Å². The largest absolute Gasteiger partial charge is 0.288 e. The molecular formula is C36H31NO2. The number of hydrogen-bond donors (Lipinski definition) is 1. The van der Waals surface area contributed by atoms with Crippen molar-refractivity contribution in [1.29, 1.82) is 0 Å². The van der Waals surface area contributed by atoms with E-state index in [1.54, 1.807) is 24.3 Å². The van der Waals surface area contributed by atoms with E-state index in [-0.39, 0.29) is 11.8 Å². The first-order chi connectivity index (χ1) is 19.0. The molecule has 192 valence electrons. The number of nitrogens with one attached hydrogen (secondary N) is 1. The second kappa shape index (κ2) is 13.5. The van der Waals surface area contributed by atoms with Crippen molar-refractivity contribution in [1.82, 2.24) is 5.32 Å². The number of carbonyl (C=O) groups excluding carboxylic acids is 2. The van der Waals surface area contributed by atoms with Gasteiger partial charge in [-0.2, -0.15) is 0 Å². The minimum atomic E-state index is -0.384. The van der Waals surface area contributed by atoms with Crippen LogP contribution in [0.15, 0.2) is 140 Å². The molecule has 1 N–H and O–H groups in total. The monoisotopic (exact) mass is 509 g/mol. The van der Waals surface area contributed by atoms with E-state index in [0.29, 0.717) is 11.1 Å². The van der Waals surface area contributed by atoms with Crippen LogP contribution >= 0.6 is 0 Å². The summed E-state index contributed by atoms with van der Waals surface area (Å²) in [5, 5.41) is 2.37. The maximum atomic E-state index is 11.9. The van der Waals surface area contributed by atoms with Gasteiger partial charge in [0.2, 0.25) is 0 Å². The summed E-state index contributed by atoms with van der Waals surface area (Å²) in [6.07, 6.45) is 2.24. The van der Waals surface area contributed by atoms with Crippen LogP contribution in [0.25, 0.3) is 11.6 Å². The summed E-state index contributed by atoms with van der Waals surface area (Å²) in [4.78, 5) is 23.7. The molecule has 0 spiro atoms. The van der Waals surface area contributed by atoms with Crippen LogP contribution in [0.3, 0.4) is 0 Å². The number of amides is 2. The Hall–Kier alpha value is -5.02. The minimum absolute atomic E-state index is 0.384. The SMILES string of the molecule is C(=C(c1ccccc1)c1ccccc1)c1ccccc1.Cc1ccc(C(=O)NC(=O)c2ccc(C)cc2)cc1. The average Bonchev–Trinajstić information content (AvgIpc) is 2.98. The lowest BCUT2D eigenvalue weighted by atomic mass is 9.96. The molecule has 0 saturated carbocycles. The Balaban J connectivity index is 0.000000181. The Kier molecular flexibility index (Phi) is 9.36. The summed E-state index contributed by atoms with van der Waals surface area (Å²) in [6, 6.07) is 45.6. The average molecular weight is 510 g/mol. The molecule has 0 aromatic heterocycles. The molecule has 0 aliphatic heterocycles. The first kappa shape index (κ1) is 27.0. The standard InChI is InChI=1S/C20H16.C16H15NO2/c1-4-10-17(11-5-1)16-20(18-12-6-2-7-13-18)19-14-8-3-9-15-19;1-11-3-7-13(8-4-11)15(18)17-16(19)14-9-5-12(2)6-10-14/h1-16H;3-10H,1-2H3,(H,17,18,19). The van der Waals surface area contributed by atoms with Crippen LogP contribution in [-0.4, -0.2) is 11.8 Å². The predicted molar refractivity (Wildman–Crippen MR) is 160 cm³/mol.